The summed E-state index contributed by atoms with van der Waals surface area (Å²) in [6.45, 7) is 4.00. The van der Waals surface area contributed by atoms with Crippen LogP contribution in [0.5, 0.6) is 5.75 Å². The molecule has 1 aromatic rings. The second kappa shape index (κ2) is 5.83. The molecule has 0 spiro atoms. The van der Waals surface area contributed by atoms with Crippen molar-refractivity contribution in [1.82, 2.24) is 0 Å². The van der Waals surface area contributed by atoms with Crippen LogP contribution in [0.4, 0.5) is 0 Å². The number of ether oxygens (including phenoxy) is 1. The van der Waals surface area contributed by atoms with E-state index in [1.807, 2.05) is 26.0 Å². The van der Waals surface area contributed by atoms with Crippen molar-refractivity contribution in [3.8, 4) is 5.75 Å². The maximum absolute atomic E-state index is 11.1. The number of benzene rings is 1. The molecule has 1 saturated carbocycles. The fourth-order valence-electron chi connectivity index (χ4n) is 2.77. The largest absolute Gasteiger partial charge is 0.491 e. The maximum Gasteiger partial charge on any atom is 0.323 e. The van der Waals surface area contributed by atoms with Crippen molar-refractivity contribution in [1.29, 1.82) is 0 Å². The highest BCUT2D eigenvalue weighted by molar-refractivity contribution is 5.78. The highest BCUT2D eigenvalue weighted by Gasteiger charge is 2.38. The van der Waals surface area contributed by atoms with Crippen molar-refractivity contribution in [2.45, 2.75) is 57.1 Å². The predicted octanol–water partition coefficient (Wildman–Crippen LogP) is 2.91. The minimum Gasteiger partial charge on any atom is -0.491 e. The minimum absolute atomic E-state index is 0.170. The summed E-state index contributed by atoms with van der Waals surface area (Å²) in [5.41, 5.74) is 6.12. The third-order valence-corrected chi connectivity index (χ3v) is 4.03. The van der Waals surface area contributed by atoms with Crippen LogP contribution in [0.25, 0.3) is 0 Å². The van der Waals surface area contributed by atoms with E-state index in [4.69, 9.17) is 15.6 Å². The molecule has 3 N–H and O–H groups in total. The first-order valence-electron chi connectivity index (χ1n) is 7.19. The third kappa shape index (κ3) is 3.31. The van der Waals surface area contributed by atoms with E-state index in [0.717, 1.165) is 18.6 Å². The molecular formula is C16H23NO3. The number of hydrogen-bond donors (Lipinski definition) is 2. The lowest BCUT2D eigenvalue weighted by Crippen LogP contribution is -2.50. The van der Waals surface area contributed by atoms with Gasteiger partial charge in [-0.25, -0.2) is 0 Å². The molecule has 20 heavy (non-hydrogen) atoms. The van der Waals surface area contributed by atoms with Crippen LogP contribution in [0.1, 0.15) is 51.0 Å². The molecular weight excluding hydrogens is 254 g/mol. The van der Waals surface area contributed by atoms with E-state index in [1.54, 1.807) is 0 Å². The van der Waals surface area contributed by atoms with Gasteiger partial charge in [0.2, 0.25) is 0 Å². The number of aliphatic carboxylic acids is 1. The van der Waals surface area contributed by atoms with Crippen LogP contribution in [0.2, 0.25) is 0 Å². The lowest BCUT2D eigenvalue weighted by molar-refractivity contribution is -0.144. The molecule has 0 unspecified atom stereocenters. The van der Waals surface area contributed by atoms with Gasteiger partial charge in [-0.15, -0.1) is 0 Å². The maximum atomic E-state index is 11.1. The first-order valence-corrected chi connectivity index (χ1v) is 7.19. The number of nitrogens with two attached hydrogens (primary N) is 1. The number of hydrogen-bond acceptors (Lipinski definition) is 3. The Morgan fingerprint density at radius 1 is 1.30 bits per heavy atom. The molecule has 1 fully saturated rings. The Kier molecular flexibility index (Phi) is 4.33. The van der Waals surface area contributed by atoms with Crippen LogP contribution in [0, 0.1) is 0 Å². The van der Waals surface area contributed by atoms with Gasteiger partial charge in [-0.05, 0) is 63.1 Å². The van der Waals surface area contributed by atoms with Crippen LogP contribution >= 0.6 is 0 Å². The van der Waals surface area contributed by atoms with E-state index >= 15 is 0 Å². The Morgan fingerprint density at radius 3 is 2.30 bits per heavy atom. The number of carboxylic acid groups (broad SMARTS) is 1. The average Bonchev–Trinajstić information content (AvgIpc) is 2.40. The Balaban J connectivity index is 1.99. The monoisotopic (exact) mass is 277 g/mol. The van der Waals surface area contributed by atoms with Crippen molar-refractivity contribution in [2.24, 2.45) is 5.73 Å². The highest BCUT2D eigenvalue weighted by Crippen LogP contribution is 2.37. The average molecular weight is 277 g/mol. The summed E-state index contributed by atoms with van der Waals surface area (Å²) >= 11 is 0. The predicted molar refractivity (Wildman–Crippen MR) is 78.0 cm³/mol. The third-order valence-electron chi connectivity index (χ3n) is 4.03. The molecule has 0 atom stereocenters. The van der Waals surface area contributed by atoms with Gasteiger partial charge in [0.05, 0.1) is 6.10 Å². The number of rotatable bonds is 4. The SMILES string of the molecule is CC(C)Oc1ccc(C2CCC(N)(C(=O)O)CC2)cc1. The highest BCUT2D eigenvalue weighted by atomic mass is 16.5. The van der Waals surface area contributed by atoms with Gasteiger partial charge in [0.1, 0.15) is 11.3 Å². The van der Waals surface area contributed by atoms with Crippen LogP contribution in [0.3, 0.4) is 0 Å². The molecule has 0 bridgehead atoms. The summed E-state index contributed by atoms with van der Waals surface area (Å²) in [5, 5.41) is 9.13. The quantitative estimate of drug-likeness (QED) is 0.887. The van der Waals surface area contributed by atoms with E-state index in [1.165, 1.54) is 5.56 Å². The molecule has 0 aromatic heterocycles. The van der Waals surface area contributed by atoms with E-state index in [-0.39, 0.29) is 6.10 Å². The van der Waals surface area contributed by atoms with E-state index in [9.17, 15) is 4.79 Å². The Labute approximate surface area is 119 Å². The lowest BCUT2D eigenvalue weighted by atomic mass is 9.75. The van der Waals surface area contributed by atoms with Gasteiger partial charge >= 0.3 is 5.97 Å². The summed E-state index contributed by atoms with van der Waals surface area (Å²) in [6.07, 6.45) is 2.90. The second-order valence-corrected chi connectivity index (χ2v) is 5.97. The van der Waals surface area contributed by atoms with Crippen molar-refractivity contribution >= 4 is 5.97 Å². The molecule has 1 aliphatic rings. The van der Waals surface area contributed by atoms with Gasteiger partial charge in [-0.1, -0.05) is 12.1 Å². The Hall–Kier alpha value is -1.55. The molecule has 0 aliphatic heterocycles. The van der Waals surface area contributed by atoms with Gasteiger partial charge < -0.3 is 15.6 Å². The first-order chi connectivity index (χ1) is 9.40. The van der Waals surface area contributed by atoms with Crippen LogP contribution in [-0.2, 0) is 4.79 Å². The zero-order valence-electron chi connectivity index (χ0n) is 12.1. The van der Waals surface area contributed by atoms with Crippen molar-refractivity contribution in [2.75, 3.05) is 0 Å². The van der Waals surface area contributed by atoms with Crippen molar-refractivity contribution < 1.29 is 14.6 Å². The van der Waals surface area contributed by atoms with Crippen molar-refractivity contribution in [3.05, 3.63) is 29.8 Å². The first kappa shape index (κ1) is 14.9. The van der Waals surface area contributed by atoms with Gasteiger partial charge in [0, 0.05) is 0 Å². The van der Waals surface area contributed by atoms with Gasteiger partial charge in [-0.3, -0.25) is 4.79 Å². The Bertz CT molecular complexity index is 459. The molecule has 4 heteroatoms. The topological polar surface area (TPSA) is 72.5 Å². The minimum atomic E-state index is -1.03. The molecule has 0 radical (unpaired) electrons. The van der Waals surface area contributed by atoms with Gasteiger partial charge in [0.25, 0.3) is 0 Å². The molecule has 0 amide bonds. The van der Waals surface area contributed by atoms with Gasteiger partial charge in [0.15, 0.2) is 0 Å². The molecule has 0 heterocycles. The van der Waals surface area contributed by atoms with Crippen LogP contribution in [-0.4, -0.2) is 22.7 Å². The van der Waals surface area contributed by atoms with Crippen LogP contribution in [0.15, 0.2) is 24.3 Å². The number of carboxylic acids is 1. The van der Waals surface area contributed by atoms with Gasteiger partial charge in [-0.2, -0.15) is 0 Å². The summed E-state index contributed by atoms with van der Waals surface area (Å²) in [4.78, 5) is 11.1. The molecule has 110 valence electrons. The summed E-state index contributed by atoms with van der Waals surface area (Å²) in [5.74, 6) is 0.397. The zero-order valence-corrected chi connectivity index (χ0v) is 12.1. The summed E-state index contributed by atoms with van der Waals surface area (Å²) in [6, 6.07) is 8.12. The van der Waals surface area contributed by atoms with E-state index in [2.05, 4.69) is 12.1 Å². The fourth-order valence-corrected chi connectivity index (χ4v) is 2.77. The van der Waals surface area contributed by atoms with E-state index < -0.39 is 11.5 Å². The van der Waals surface area contributed by atoms with Crippen LogP contribution < -0.4 is 10.5 Å². The fraction of sp³-hybridized carbons (Fsp3) is 0.562. The summed E-state index contributed by atoms with van der Waals surface area (Å²) < 4.78 is 5.62. The molecule has 1 aliphatic carbocycles. The molecule has 4 nitrogen and oxygen atoms in total. The lowest BCUT2D eigenvalue weighted by Gasteiger charge is -2.33. The second-order valence-electron chi connectivity index (χ2n) is 5.97. The number of carbonyl (C=O) groups is 1. The summed E-state index contributed by atoms with van der Waals surface area (Å²) in [7, 11) is 0. The molecule has 1 aromatic carbocycles. The Morgan fingerprint density at radius 2 is 1.85 bits per heavy atom. The smallest absolute Gasteiger partial charge is 0.323 e. The van der Waals surface area contributed by atoms with Crippen molar-refractivity contribution in [3.63, 3.8) is 0 Å². The zero-order chi connectivity index (χ0) is 14.8. The standard InChI is InChI=1S/C16H23NO3/c1-11(2)20-14-5-3-12(4-6-14)13-7-9-16(17,10-8-13)15(18)19/h3-6,11,13H,7-10,17H2,1-2H3,(H,18,19). The molecule has 2 rings (SSSR count). The van der Waals surface area contributed by atoms with E-state index in [0.29, 0.717) is 18.8 Å². The normalized spacial score (nSPS) is 26.5. The molecule has 0 saturated heterocycles.